The van der Waals surface area contributed by atoms with Gasteiger partial charge in [0.15, 0.2) is 5.82 Å². The SMILES string of the molecule is Cc1nc(C2CCN(C(=O)c3ccc(-c4ccc(O)cc4)c4ccccc34)CC2)n[nH]1. The molecular weight excluding hydrogens is 388 g/mol. The number of amides is 1. The van der Waals surface area contributed by atoms with Crippen LogP contribution in [0, 0.1) is 6.92 Å². The molecule has 1 aliphatic heterocycles. The first-order valence-corrected chi connectivity index (χ1v) is 10.6. The van der Waals surface area contributed by atoms with E-state index in [1.54, 1.807) is 12.1 Å². The summed E-state index contributed by atoms with van der Waals surface area (Å²) in [4.78, 5) is 19.8. The van der Waals surface area contributed by atoms with E-state index in [0.717, 1.165) is 52.0 Å². The topological polar surface area (TPSA) is 82.1 Å². The lowest BCUT2D eigenvalue weighted by atomic mass is 9.93. The number of rotatable bonds is 3. The molecular formula is C25H24N4O2. The van der Waals surface area contributed by atoms with E-state index >= 15 is 0 Å². The second-order valence-corrected chi connectivity index (χ2v) is 8.10. The van der Waals surface area contributed by atoms with Crippen LogP contribution in [-0.4, -0.2) is 44.2 Å². The Kier molecular flexibility index (Phi) is 4.90. The highest BCUT2D eigenvalue weighted by atomic mass is 16.3. The number of nitrogens with one attached hydrogen (secondary N) is 1. The van der Waals surface area contributed by atoms with Gasteiger partial charge in [0.1, 0.15) is 11.6 Å². The predicted molar refractivity (Wildman–Crippen MR) is 120 cm³/mol. The molecule has 1 amide bonds. The van der Waals surface area contributed by atoms with Crippen molar-refractivity contribution in [3.8, 4) is 16.9 Å². The molecule has 31 heavy (non-hydrogen) atoms. The third-order valence-electron chi connectivity index (χ3n) is 6.09. The smallest absolute Gasteiger partial charge is 0.254 e. The fourth-order valence-corrected chi connectivity index (χ4v) is 4.43. The maximum atomic E-state index is 13.4. The van der Waals surface area contributed by atoms with Crippen LogP contribution < -0.4 is 0 Å². The van der Waals surface area contributed by atoms with Crippen molar-refractivity contribution >= 4 is 16.7 Å². The van der Waals surface area contributed by atoms with Crippen molar-refractivity contribution in [1.82, 2.24) is 20.1 Å². The molecule has 6 heteroatoms. The number of phenols is 1. The highest BCUT2D eigenvalue weighted by molar-refractivity contribution is 6.11. The van der Waals surface area contributed by atoms with Crippen molar-refractivity contribution in [3.63, 3.8) is 0 Å². The van der Waals surface area contributed by atoms with Crippen LogP contribution >= 0.6 is 0 Å². The summed E-state index contributed by atoms with van der Waals surface area (Å²) in [5.41, 5.74) is 2.78. The van der Waals surface area contributed by atoms with Crippen LogP contribution in [0.15, 0.2) is 60.7 Å². The van der Waals surface area contributed by atoms with Crippen molar-refractivity contribution in [2.45, 2.75) is 25.7 Å². The zero-order chi connectivity index (χ0) is 21.4. The Labute approximate surface area is 180 Å². The third kappa shape index (κ3) is 3.65. The zero-order valence-electron chi connectivity index (χ0n) is 17.4. The Morgan fingerprint density at radius 2 is 1.71 bits per heavy atom. The van der Waals surface area contributed by atoms with Gasteiger partial charge in [-0.3, -0.25) is 9.89 Å². The fraction of sp³-hybridized carbons (Fsp3) is 0.240. The molecule has 0 spiro atoms. The summed E-state index contributed by atoms with van der Waals surface area (Å²) in [6, 6.07) is 19.1. The van der Waals surface area contributed by atoms with Crippen molar-refractivity contribution < 1.29 is 9.90 Å². The number of aromatic hydroxyl groups is 1. The molecule has 2 N–H and O–H groups in total. The number of likely N-dealkylation sites (tertiary alicyclic amines) is 1. The quantitative estimate of drug-likeness (QED) is 0.513. The Hall–Kier alpha value is -3.67. The van der Waals surface area contributed by atoms with Gasteiger partial charge in [0.05, 0.1) is 0 Å². The molecule has 0 unspecified atom stereocenters. The van der Waals surface area contributed by atoms with E-state index in [-0.39, 0.29) is 11.7 Å². The Balaban J connectivity index is 1.42. The second kappa shape index (κ2) is 7.87. The average molecular weight is 412 g/mol. The van der Waals surface area contributed by atoms with Gasteiger partial charge in [-0.2, -0.15) is 5.10 Å². The number of aromatic amines is 1. The number of aryl methyl sites for hydroxylation is 1. The zero-order valence-corrected chi connectivity index (χ0v) is 17.4. The maximum absolute atomic E-state index is 13.4. The number of fused-ring (bicyclic) bond motifs is 1. The lowest BCUT2D eigenvalue weighted by Crippen LogP contribution is -2.38. The number of nitrogens with zero attached hydrogens (tertiary/aromatic N) is 3. The molecule has 1 aromatic heterocycles. The lowest BCUT2D eigenvalue weighted by Gasteiger charge is -2.31. The molecule has 0 atom stereocenters. The first kappa shape index (κ1) is 19.3. The number of piperidine rings is 1. The minimum Gasteiger partial charge on any atom is -0.508 e. The average Bonchev–Trinajstić information content (AvgIpc) is 3.25. The summed E-state index contributed by atoms with van der Waals surface area (Å²) >= 11 is 0. The highest BCUT2D eigenvalue weighted by Crippen LogP contribution is 2.33. The van der Waals surface area contributed by atoms with E-state index in [1.165, 1.54) is 0 Å². The van der Waals surface area contributed by atoms with Gasteiger partial charge < -0.3 is 10.0 Å². The normalized spacial score (nSPS) is 14.8. The van der Waals surface area contributed by atoms with Gasteiger partial charge in [0, 0.05) is 24.6 Å². The Morgan fingerprint density at radius 3 is 2.39 bits per heavy atom. The molecule has 5 rings (SSSR count). The van der Waals surface area contributed by atoms with Crippen molar-refractivity contribution in [2.75, 3.05) is 13.1 Å². The van der Waals surface area contributed by atoms with Crippen molar-refractivity contribution in [3.05, 3.63) is 77.9 Å². The number of carbonyl (C=O) groups is 1. The number of phenolic OH excluding ortho intramolecular Hbond substituents is 1. The van der Waals surface area contributed by atoms with Gasteiger partial charge in [-0.25, -0.2) is 4.98 Å². The van der Waals surface area contributed by atoms with Gasteiger partial charge in [0.2, 0.25) is 0 Å². The van der Waals surface area contributed by atoms with Gasteiger partial charge in [-0.05, 0) is 59.9 Å². The fourth-order valence-electron chi connectivity index (χ4n) is 4.43. The number of carbonyl (C=O) groups excluding carboxylic acids is 1. The molecule has 4 aromatic rings. The molecule has 1 fully saturated rings. The number of aromatic nitrogens is 3. The highest BCUT2D eigenvalue weighted by Gasteiger charge is 2.27. The molecule has 0 saturated carbocycles. The van der Waals surface area contributed by atoms with Crippen molar-refractivity contribution in [1.29, 1.82) is 0 Å². The lowest BCUT2D eigenvalue weighted by molar-refractivity contribution is 0.0713. The van der Waals surface area contributed by atoms with Gasteiger partial charge >= 0.3 is 0 Å². The number of hydrogen-bond acceptors (Lipinski definition) is 4. The van der Waals surface area contributed by atoms with Gasteiger partial charge in [0.25, 0.3) is 5.91 Å². The number of hydrogen-bond donors (Lipinski definition) is 2. The summed E-state index contributed by atoms with van der Waals surface area (Å²) in [6.45, 7) is 3.30. The van der Waals surface area contributed by atoms with Crippen LogP contribution in [0.25, 0.3) is 21.9 Å². The summed E-state index contributed by atoms with van der Waals surface area (Å²) in [6.07, 6.45) is 1.74. The summed E-state index contributed by atoms with van der Waals surface area (Å²) < 4.78 is 0. The third-order valence-corrected chi connectivity index (χ3v) is 6.09. The second-order valence-electron chi connectivity index (χ2n) is 8.10. The number of benzene rings is 3. The first-order valence-electron chi connectivity index (χ1n) is 10.6. The predicted octanol–water partition coefficient (Wildman–Crippen LogP) is 4.66. The minimum absolute atomic E-state index is 0.0677. The Bertz CT molecular complexity index is 1240. The molecule has 0 bridgehead atoms. The van der Waals surface area contributed by atoms with Gasteiger partial charge in [-0.15, -0.1) is 0 Å². The molecule has 1 saturated heterocycles. The van der Waals surface area contributed by atoms with E-state index in [4.69, 9.17) is 0 Å². The molecule has 0 aliphatic carbocycles. The van der Waals surface area contributed by atoms with Crippen LogP contribution in [0.3, 0.4) is 0 Å². The summed E-state index contributed by atoms with van der Waals surface area (Å²) in [5.74, 6) is 2.28. The van der Waals surface area contributed by atoms with E-state index in [0.29, 0.717) is 19.0 Å². The van der Waals surface area contributed by atoms with Crippen molar-refractivity contribution in [2.24, 2.45) is 0 Å². The molecule has 1 aliphatic rings. The van der Waals surface area contributed by atoms with E-state index < -0.39 is 0 Å². The van der Waals surface area contributed by atoms with Crippen LogP contribution in [0.5, 0.6) is 5.75 Å². The summed E-state index contributed by atoms with van der Waals surface area (Å²) in [7, 11) is 0. The van der Waals surface area contributed by atoms with Crippen LogP contribution in [0.4, 0.5) is 0 Å². The molecule has 3 aromatic carbocycles. The molecule has 2 heterocycles. The molecule has 6 nitrogen and oxygen atoms in total. The van der Waals surface area contributed by atoms with E-state index in [9.17, 15) is 9.90 Å². The monoisotopic (exact) mass is 412 g/mol. The van der Waals surface area contributed by atoms with Gasteiger partial charge in [-0.1, -0.05) is 42.5 Å². The van der Waals surface area contributed by atoms with Crippen LogP contribution in [-0.2, 0) is 0 Å². The first-order chi connectivity index (χ1) is 15.1. The molecule has 0 radical (unpaired) electrons. The number of H-pyrrole nitrogens is 1. The van der Waals surface area contributed by atoms with Crippen LogP contribution in [0.1, 0.15) is 40.8 Å². The molecule has 156 valence electrons. The maximum Gasteiger partial charge on any atom is 0.254 e. The summed E-state index contributed by atoms with van der Waals surface area (Å²) in [5, 5.41) is 18.8. The Morgan fingerprint density at radius 1 is 1.00 bits per heavy atom. The largest absolute Gasteiger partial charge is 0.508 e. The standard InChI is InChI=1S/C25H24N4O2/c1-16-26-24(28-27-16)18-12-14-29(15-13-18)25(31)23-11-10-20(17-6-8-19(30)9-7-17)21-4-2-3-5-22(21)23/h2-11,18,30H,12-15H2,1H3,(H,26,27,28). The minimum atomic E-state index is 0.0677. The van der Waals surface area contributed by atoms with Crippen LogP contribution in [0.2, 0.25) is 0 Å². The van der Waals surface area contributed by atoms with E-state index in [2.05, 4.69) is 15.2 Å². The van der Waals surface area contributed by atoms with E-state index in [1.807, 2.05) is 60.4 Å².